The van der Waals surface area contributed by atoms with Gasteiger partial charge in [-0.05, 0) is 13.3 Å². The summed E-state index contributed by atoms with van der Waals surface area (Å²) in [5.41, 5.74) is 0. The van der Waals surface area contributed by atoms with Gasteiger partial charge in [0.2, 0.25) is 0 Å². The second-order valence-corrected chi connectivity index (χ2v) is 1.85. The fraction of sp³-hybridized carbons (Fsp3) is 0.571. The van der Waals surface area contributed by atoms with Gasteiger partial charge in [-0.25, -0.2) is 0 Å². The van der Waals surface area contributed by atoms with Crippen LogP contribution in [-0.2, 0) is 9.59 Å². The highest BCUT2D eigenvalue weighted by molar-refractivity contribution is 5.78. The summed E-state index contributed by atoms with van der Waals surface area (Å²) in [5.74, 6) is 0.136. The monoisotopic (exact) mass is 127 g/mol. The van der Waals surface area contributed by atoms with E-state index in [1.807, 2.05) is 0 Å². The molecule has 0 atom stereocenters. The second kappa shape index (κ2) is 5.48. The molecule has 2 heteroatoms. The molecule has 0 spiro atoms. The van der Waals surface area contributed by atoms with Crippen molar-refractivity contribution in [3.05, 3.63) is 6.92 Å². The molecule has 0 aliphatic carbocycles. The van der Waals surface area contributed by atoms with Crippen LogP contribution < -0.4 is 0 Å². The van der Waals surface area contributed by atoms with E-state index in [0.717, 1.165) is 6.29 Å². The van der Waals surface area contributed by atoms with Crippen molar-refractivity contribution in [1.29, 1.82) is 0 Å². The van der Waals surface area contributed by atoms with E-state index in [4.69, 9.17) is 0 Å². The zero-order valence-electron chi connectivity index (χ0n) is 5.43. The number of carbonyl (C=O) groups excluding carboxylic acids is 2. The number of ketones is 1. The average molecular weight is 127 g/mol. The van der Waals surface area contributed by atoms with E-state index in [0.29, 0.717) is 25.7 Å². The molecule has 9 heavy (non-hydrogen) atoms. The van der Waals surface area contributed by atoms with Crippen molar-refractivity contribution in [1.82, 2.24) is 0 Å². The number of aldehydes is 1. The van der Waals surface area contributed by atoms with Gasteiger partial charge in [0.05, 0.1) is 0 Å². The standard InChI is InChI=1S/C7H11O2/c1-2-7(9)5-3-4-6-8/h6H,1-5H2. The molecule has 0 aromatic rings. The van der Waals surface area contributed by atoms with Gasteiger partial charge in [-0.15, -0.1) is 0 Å². The first-order chi connectivity index (χ1) is 4.31. The van der Waals surface area contributed by atoms with Crippen molar-refractivity contribution in [2.45, 2.75) is 25.7 Å². The zero-order chi connectivity index (χ0) is 7.11. The molecular formula is C7H11O2. The molecule has 0 unspecified atom stereocenters. The topological polar surface area (TPSA) is 34.1 Å². The predicted octanol–water partition coefficient (Wildman–Crippen LogP) is 1.15. The van der Waals surface area contributed by atoms with Crippen LogP contribution in [-0.4, -0.2) is 12.1 Å². The summed E-state index contributed by atoms with van der Waals surface area (Å²) in [6.45, 7) is 3.43. The minimum Gasteiger partial charge on any atom is -0.303 e. The minimum absolute atomic E-state index is 0.136. The highest BCUT2D eigenvalue weighted by Crippen LogP contribution is 1.95. The van der Waals surface area contributed by atoms with E-state index >= 15 is 0 Å². The molecule has 51 valence electrons. The maximum absolute atomic E-state index is 10.5. The fourth-order valence-electron chi connectivity index (χ4n) is 0.508. The Bertz CT molecular complexity index is 97.1. The van der Waals surface area contributed by atoms with Crippen LogP contribution >= 0.6 is 0 Å². The van der Waals surface area contributed by atoms with Crippen molar-refractivity contribution < 1.29 is 9.59 Å². The van der Waals surface area contributed by atoms with Crippen LogP contribution in [0, 0.1) is 6.92 Å². The number of carbonyl (C=O) groups is 2. The molecule has 0 N–H and O–H groups in total. The summed E-state index contributed by atoms with van der Waals surface area (Å²) >= 11 is 0. The molecule has 0 saturated heterocycles. The molecule has 0 rings (SSSR count). The van der Waals surface area contributed by atoms with Gasteiger partial charge in [0.1, 0.15) is 12.1 Å². The third kappa shape index (κ3) is 5.21. The summed E-state index contributed by atoms with van der Waals surface area (Å²) in [6.07, 6.45) is 2.85. The maximum Gasteiger partial charge on any atom is 0.132 e. The van der Waals surface area contributed by atoms with E-state index in [1.165, 1.54) is 0 Å². The van der Waals surface area contributed by atoms with Gasteiger partial charge in [0.25, 0.3) is 0 Å². The van der Waals surface area contributed by atoms with Crippen molar-refractivity contribution in [3.8, 4) is 0 Å². The van der Waals surface area contributed by atoms with Gasteiger partial charge in [0.15, 0.2) is 0 Å². The summed E-state index contributed by atoms with van der Waals surface area (Å²) < 4.78 is 0. The van der Waals surface area contributed by atoms with Crippen LogP contribution in [0.15, 0.2) is 0 Å². The van der Waals surface area contributed by atoms with Crippen molar-refractivity contribution in [2.75, 3.05) is 0 Å². The van der Waals surface area contributed by atoms with Gasteiger partial charge in [-0.3, -0.25) is 4.79 Å². The van der Waals surface area contributed by atoms with Gasteiger partial charge < -0.3 is 4.79 Å². The van der Waals surface area contributed by atoms with E-state index in [1.54, 1.807) is 0 Å². The molecule has 0 aliphatic heterocycles. The predicted molar refractivity (Wildman–Crippen MR) is 34.9 cm³/mol. The Morgan fingerprint density at radius 3 is 2.67 bits per heavy atom. The molecule has 2 nitrogen and oxygen atoms in total. The largest absolute Gasteiger partial charge is 0.303 e. The first kappa shape index (κ1) is 8.34. The third-order valence-electron chi connectivity index (χ3n) is 1.06. The van der Waals surface area contributed by atoms with Crippen LogP contribution in [0.25, 0.3) is 0 Å². The van der Waals surface area contributed by atoms with Crippen molar-refractivity contribution in [2.24, 2.45) is 0 Å². The maximum atomic E-state index is 10.5. The number of rotatable bonds is 5. The molecular weight excluding hydrogens is 116 g/mol. The van der Waals surface area contributed by atoms with Crippen LogP contribution in [0.2, 0.25) is 0 Å². The molecule has 0 heterocycles. The van der Waals surface area contributed by atoms with Crippen LogP contribution in [0.4, 0.5) is 0 Å². The van der Waals surface area contributed by atoms with E-state index in [2.05, 4.69) is 6.92 Å². The van der Waals surface area contributed by atoms with Crippen LogP contribution in [0.1, 0.15) is 25.7 Å². The molecule has 0 saturated carbocycles. The Hall–Kier alpha value is -0.660. The Morgan fingerprint density at radius 1 is 1.56 bits per heavy atom. The van der Waals surface area contributed by atoms with Gasteiger partial charge in [0, 0.05) is 19.3 Å². The van der Waals surface area contributed by atoms with Crippen LogP contribution in [0.5, 0.6) is 0 Å². The highest BCUT2D eigenvalue weighted by atomic mass is 16.1. The number of unbranched alkanes of at least 4 members (excludes halogenated alkanes) is 1. The first-order valence-corrected chi connectivity index (χ1v) is 3.06. The average Bonchev–Trinajstić information content (AvgIpc) is 1.89. The second-order valence-electron chi connectivity index (χ2n) is 1.85. The van der Waals surface area contributed by atoms with E-state index in [9.17, 15) is 9.59 Å². The molecule has 0 amide bonds. The van der Waals surface area contributed by atoms with Gasteiger partial charge in [-0.1, -0.05) is 0 Å². The number of Topliss-reactive ketones (excluding diaryl/α,β-unsaturated/α-hetero) is 1. The Kier molecular flexibility index (Phi) is 5.07. The fourth-order valence-corrected chi connectivity index (χ4v) is 0.508. The molecule has 0 fully saturated rings. The normalized spacial score (nSPS) is 9.00. The minimum atomic E-state index is 0.136. The summed E-state index contributed by atoms with van der Waals surface area (Å²) in [7, 11) is 0. The summed E-state index contributed by atoms with van der Waals surface area (Å²) in [4.78, 5) is 20.3. The summed E-state index contributed by atoms with van der Waals surface area (Å²) in [6, 6.07) is 0. The number of hydrogen-bond donors (Lipinski definition) is 0. The lowest BCUT2D eigenvalue weighted by molar-refractivity contribution is -0.118. The lowest BCUT2D eigenvalue weighted by Gasteiger charge is -1.90. The first-order valence-electron chi connectivity index (χ1n) is 3.06. The third-order valence-corrected chi connectivity index (χ3v) is 1.06. The molecule has 0 aliphatic rings. The van der Waals surface area contributed by atoms with Crippen LogP contribution in [0.3, 0.4) is 0 Å². The molecule has 0 aromatic carbocycles. The summed E-state index contributed by atoms with van der Waals surface area (Å²) in [5, 5.41) is 0. The van der Waals surface area contributed by atoms with Gasteiger partial charge in [-0.2, -0.15) is 0 Å². The quantitative estimate of drug-likeness (QED) is 0.410. The van der Waals surface area contributed by atoms with Crippen molar-refractivity contribution in [3.63, 3.8) is 0 Å². The van der Waals surface area contributed by atoms with E-state index < -0.39 is 0 Å². The molecule has 0 aromatic heterocycles. The molecule has 1 radical (unpaired) electrons. The lowest BCUT2D eigenvalue weighted by Crippen LogP contribution is -1.94. The highest BCUT2D eigenvalue weighted by Gasteiger charge is 1.95. The Morgan fingerprint density at radius 2 is 2.22 bits per heavy atom. The van der Waals surface area contributed by atoms with E-state index in [-0.39, 0.29) is 5.78 Å². The Balaban J connectivity index is 3.06. The number of hydrogen-bond acceptors (Lipinski definition) is 2. The van der Waals surface area contributed by atoms with Gasteiger partial charge >= 0.3 is 0 Å². The SMILES string of the molecule is [CH2]CC(=O)CCCC=O. The Labute approximate surface area is 55.3 Å². The smallest absolute Gasteiger partial charge is 0.132 e. The molecule has 0 bridgehead atoms. The zero-order valence-corrected chi connectivity index (χ0v) is 5.43. The lowest BCUT2D eigenvalue weighted by atomic mass is 10.1. The van der Waals surface area contributed by atoms with Crippen molar-refractivity contribution >= 4 is 12.1 Å².